The van der Waals surface area contributed by atoms with Gasteiger partial charge in [0.2, 0.25) is 0 Å². The van der Waals surface area contributed by atoms with Crippen molar-refractivity contribution in [2.75, 3.05) is 4.90 Å². The first-order valence-electron chi connectivity index (χ1n) is 9.40. The van der Waals surface area contributed by atoms with E-state index in [0.29, 0.717) is 28.4 Å². The maximum atomic E-state index is 13.1. The molecule has 0 radical (unpaired) electrons. The van der Waals surface area contributed by atoms with E-state index in [0.717, 1.165) is 39.8 Å². The summed E-state index contributed by atoms with van der Waals surface area (Å²) in [5.74, 6) is -0.0185. The van der Waals surface area contributed by atoms with Gasteiger partial charge >= 0.3 is 0 Å². The van der Waals surface area contributed by atoms with Gasteiger partial charge < -0.3 is 5.73 Å². The number of nitriles is 1. The number of ketones is 1. The zero-order valence-electron chi connectivity index (χ0n) is 15.9. The van der Waals surface area contributed by atoms with Gasteiger partial charge in [-0.1, -0.05) is 45.7 Å². The molecule has 0 fully saturated rings. The minimum Gasteiger partial charge on any atom is -0.384 e. The molecule has 0 amide bonds. The monoisotopic (exact) mass is 467 g/mol. The SMILES string of the molecule is Cc1c(Cl)cccc1N1C(N)=C(C#N)[C@@H](c2ccc(Br)cc2)C2=C1CCCC2=O. The molecule has 2 aromatic carbocycles. The fraction of sp³-hybridized carbons (Fsp3) is 0.217. The molecule has 0 saturated carbocycles. The maximum absolute atomic E-state index is 13.1. The minimum absolute atomic E-state index is 0.0732. The highest BCUT2D eigenvalue weighted by Gasteiger charge is 2.40. The number of hydrogen-bond acceptors (Lipinski definition) is 4. The van der Waals surface area contributed by atoms with Crippen molar-refractivity contribution in [3.05, 3.63) is 85.8 Å². The maximum Gasteiger partial charge on any atom is 0.161 e. The summed E-state index contributed by atoms with van der Waals surface area (Å²) in [6.45, 7) is 1.92. The Balaban J connectivity index is 1.99. The molecule has 0 saturated heterocycles. The van der Waals surface area contributed by atoms with Crippen molar-refractivity contribution in [3.63, 3.8) is 0 Å². The summed E-state index contributed by atoms with van der Waals surface area (Å²) in [6, 6.07) is 15.6. The average molecular weight is 469 g/mol. The second-order valence-corrected chi connectivity index (χ2v) is 8.57. The van der Waals surface area contributed by atoms with Gasteiger partial charge in [-0.25, -0.2) is 0 Å². The van der Waals surface area contributed by atoms with E-state index in [-0.39, 0.29) is 5.78 Å². The highest BCUT2D eigenvalue weighted by Crippen LogP contribution is 2.47. The zero-order valence-corrected chi connectivity index (χ0v) is 18.2. The van der Waals surface area contributed by atoms with E-state index in [2.05, 4.69) is 22.0 Å². The molecule has 2 aliphatic rings. The number of hydrogen-bond donors (Lipinski definition) is 1. The lowest BCUT2D eigenvalue weighted by Crippen LogP contribution is -2.39. The Hall–Kier alpha value is -2.55. The van der Waals surface area contributed by atoms with Crippen molar-refractivity contribution < 1.29 is 4.79 Å². The van der Waals surface area contributed by atoms with Crippen LogP contribution in [0.1, 0.15) is 36.3 Å². The predicted octanol–water partition coefficient (Wildman–Crippen LogP) is 5.72. The third-order valence-electron chi connectivity index (χ3n) is 5.60. The smallest absolute Gasteiger partial charge is 0.161 e. The molecule has 6 heteroatoms. The second-order valence-electron chi connectivity index (χ2n) is 7.25. The summed E-state index contributed by atoms with van der Waals surface area (Å²) in [7, 11) is 0. The van der Waals surface area contributed by atoms with E-state index in [1.165, 1.54) is 0 Å². The van der Waals surface area contributed by atoms with Crippen molar-refractivity contribution >= 4 is 39.0 Å². The fourth-order valence-corrected chi connectivity index (χ4v) is 4.62. The Morgan fingerprint density at radius 1 is 1.21 bits per heavy atom. The van der Waals surface area contributed by atoms with Gasteiger partial charge in [-0.2, -0.15) is 5.26 Å². The molecule has 1 heterocycles. The van der Waals surface area contributed by atoms with Crippen LogP contribution in [0, 0.1) is 18.3 Å². The summed E-state index contributed by atoms with van der Waals surface area (Å²) >= 11 is 9.81. The molecule has 0 spiro atoms. The second kappa shape index (κ2) is 7.70. The Morgan fingerprint density at radius 2 is 1.93 bits per heavy atom. The van der Waals surface area contributed by atoms with Gasteiger partial charge in [0, 0.05) is 27.2 Å². The van der Waals surface area contributed by atoms with Crippen LogP contribution in [0.15, 0.2) is 69.6 Å². The average Bonchev–Trinajstić information content (AvgIpc) is 2.71. The van der Waals surface area contributed by atoms with Crippen molar-refractivity contribution in [1.82, 2.24) is 0 Å². The van der Waals surface area contributed by atoms with Crippen LogP contribution in [-0.4, -0.2) is 5.78 Å². The Kier molecular flexibility index (Phi) is 5.24. The van der Waals surface area contributed by atoms with Crippen molar-refractivity contribution in [3.8, 4) is 6.07 Å². The van der Waals surface area contributed by atoms with Gasteiger partial charge in [0.15, 0.2) is 5.78 Å². The molecular formula is C23H19BrClN3O. The van der Waals surface area contributed by atoms with Crippen LogP contribution in [0.3, 0.4) is 0 Å². The molecule has 1 atom stereocenters. The summed E-state index contributed by atoms with van der Waals surface area (Å²) < 4.78 is 0.938. The first-order chi connectivity index (χ1) is 13.9. The topological polar surface area (TPSA) is 70.1 Å². The van der Waals surface area contributed by atoms with Gasteiger partial charge in [-0.15, -0.1) is 0 Å². The van der Waals surface area contributed by atoms with Crippen LogP contribution < -0.4 is 10.6 Å². The number of Topliss-reactive ketones (excluding diaryl/α,β-unsaturated/α-hetero) is 1. The molecular weight excluding hydrogens is 450 g/mol. The Bertz CT molecular complexity index is 1110. The van der Waals surface area contributed by atoms with E-state index in [1.54, 1.807) is 0 Å². The quantitative estimate of drug-likeness (QED) is 0.612. The molecule has 0 unspecified atom stereocenters. The first-order valence-corrected chi connectivity index (χ1v) is 10.6. The summed E-state index contributed by atoms with van der Waals surface area (Å²) in [6.07, 6.45) is 1.96. The van der Waals surface area contributed by atoms with Gasteiger partial charge in [-0.3, -0.25) is 9.69 Å². The van der Waals surface area contributed by atoms with Crippen molar-refractivity contribution in [1.29, 1.82) is 5.26 Å². The number of carbonyl (C=O) groups is 1. The van der Waals surface area contributed by atoms with E-state index in [9.17, 15) is 10.1 Å². The van der Waals surface area contributed by atoms with E-state index in [4.69, 9.17) is 17.3 Å². The molecule has 2 N–H and O–H groups in total. The number of allylic oxidation sites excluding steroid dienone is 3. The molecule has 0 aromatic heterocycles. The highest BCUT2D eigenvalue weighted by molar-refractivity contribution is 9.10. The van der Waals surface area contributed by atoms with Crippen molar-refractivity contribution in [2.24, 2.45) is 5.73 Å². The molecule has 1 aliphatic carbocycles. The van der Waals surface area contributed by atoms with E-state index < -0.39 is 5.92 Å². The van der Waals surface area contributed by atoms with Crippen LogP contribution in [-0.2, 0) is 4.79 Å². The number of rotatable bonds is 2. The predicted molar refractivity (Wildman–Crippen MR) is 118 cm³/mol. The molecule has 2 aromatic rings. The largest absolute Gasteiger partial charge is 0.384 e. The number of benzene rings is 2. The van der Waals surface area contributed by atoms with Crippen molar-refractivity contribution in [2.45, 2.75) is 32.1 Å². The Morgan fingerprint density at radius 3 is 2.62 bits per heavy atom. The zero-order chi connectivity index (χ0) is 20.7. The highest BCUT2D eigenvalue weighted by atomic mass is 79.9. The van der Waals surface area contributed by atoms with Crippen LogP contribution in [0.25, 0.3) is 0 Å². The summed E-state index contributed by atoms with van der Waals surface area (Å²) in [5.41, 5.74) is 11.1. The van der Waals surface area contributed by atoms with Crippen LogP contribution >= 0.6 is 27.5 Å². The molecule has 29 heavy (non-hydrogen) atoms. The number of nitrogens with two attached hydrogens (primary N) is 1. The lowest BCUT2D eigenvalue weighted by Gasteiger charge is -2.40. The van der Waals surface area contributed by atoms with Gasteiger partial charge in [0.1, 0.15) is 5.82 Å². The summed E-state index contributed by atoms with van der Waals surface area (Å²) in [5, 5.41) is 10.6. The van der Waals surface area contributed by atoms with Crippen LogP contribution in [0.5, 0.6) is 0 Å². The molecule has 4 rings (SSSR count). The molecule has 4 nitrogen and oxygen atoms in total. The first kappa shape index (κ1) is 19.8. The normalized spacial score (nSPS) is 19.3. The van der Waals surface area contributed by atoms with E-state index >= 15 is 0 Å². The minimum atomic E-state index is -0.452. The van der Waals surface area contributed by atoms with Gasteiger partial charge in [0.05, 0.1) is 23.2 Å². The fourth-order valence-electron chi connectivity index (χ4n) is 4.19. The van der Waals surface area contributed by atoms with Gasteiger partial charge in [0.25, 0.3) is 0 Å². The number of nitrogens with zero attached hydrogens (tertiary/aromatic N) is 2. The molecule has 1 aliphatic heterocycles. The van der Waals surface area contributed by atoms with Crippen LogP contribution in [0.4, 0.5) is 5.69 Å². The lowest BCUT2D eigenvalue weighted by molar-refractivity contribution is -0.116. The third-order valence-corrected chi connectivity index (χ3v) is 6.53. The van der Waals surface area contributed by atoms with E-state index in [1.807, 2.05) is 54.3 Å². The molecule has 0 bridgehead atoms. The Labute approximate surface area is 183 Å². The van der Waals surface area contributed by atoms with Crippen LogP contribution in [0.2, 0.25) is 5.02 Å². The summed E-state index contributed by atoms with van der Waals surface area (Å²) in [4.78, 5) is 14.9. The number of anilines is 1. The van der Waals surface area contributed by atoms with Gasteiger partial charge in [-0.05, 0) is 55.2 Å². The standard InChI is InChI=1S/C23H19BrClN3O/c1-13-17(25)4-2-5-18(13)28-19-6-3-7-20(29)22(19)21(16(12-26)23(28)27)14-8-10-15(24)11-9-14/h2,4-5,8-11,21H,3,6-7,27H2,1H3/t21-/m1/s1. The number of carbonyl (C=O) groups excluding carboxylic acids is 1. The molecule has 146 valence electrons. The third kappa shape index (κ3) is 3.27. The lowest BCUT2D eigenvalue weighted by atomic mass is 9.75. The number of halogens is 2.